The summed E-state index contributed by atoms with van der Waals surface area (Å²) < 4.78 is 0. The molecule has 1 heteroatoms. The Morgan fingerprint density at radius 1 is 0.810 bits per heavy atom. The summed E-state index contributed by atoms with van der Waals surface area (Å²) in [5.41, 5.74) is 1.34. The first-order valence-electron chi connectivity index (χ1n) is 9.22. The lowest BCUT2D eigenvalue weighted by Crippen LogP contribution is -2.00. The molecule has 1 nitrogen and oxygen atoms in total. The van der Waals surface area contributed by atoms with Crippen LogP contribution in [0.4, 0.5) is 0 Å². The van der Waals surface area contributed by atoms with Crippen molar-refractivity contribution in [1.29, 1.82) is 0 Å². The summed E-state index contributed by atoms with van der Waals surface area (Å²) in [6.07, 6.45) is 14.1. The third-order valence-corrected chi connectivity index (χ3v) is 4.58. The standard InChI is InChI=1S/C20H40O/c1-17(2)9-6-10-18(3)11-7-12-19(4)13-8-14-20(5)15-16-21/h15,17-19,21H,6-14,16H2,1-5H3/b20-15+/t18-,19-/m0/s1/i9+1,11+1,13+1,15+1,17+1,18+1,19+1,20+1. The Morgan fingerprint density at radius 3 is 1.76 bits per heavy atom. The third kappa shape index (κ3) is 14.4. The van der Waals surface area contributed by atoms with Crippen LogP contribution in [0.2, 0.25) is 0 Å². The maximum Gasteiger partial charge on any atom is 0.0614 e. The summed E-state index contributed by atoms with van der Waals surface area (Å²) in [4.78, 5) is 0. The average molecular weight is 304 g/mol. The number of aliphatic hydroxyl groups is 1. The Hall–Kier alpha value is -0.300. The molecular weight excluding hydrogens is 264 g/mol. The maximum absolute atomic E-state index is 8.83. The van der Waals surface area contributed by atoms with Gasteiger partial charge in [0.2, 0.25) is 0 Å². The Morgan fingerprint density at radius 2 is 1.29 bits per heavy atom. The van der Waals surface area contributed by atoms with Gasteiger partial charge in [0.25, 0.3) is 0 Å². The topological polar surface area (TPSA) is 20.2 Å². The first-order chi connectivity index (χ1) is 9.95. The molecule has 0 bridgehead atoms. The smallest absolute Gasteiger partial charge is 0.0614 e. The van der Waals surface area contributed by atoms with Crippen LogP contribution in [0.5, 0.6) is 0 Å². The van der Waals surface area contributed by atoms with Crippen molar-refractivity contribution >= 4 is 0 Å². The van der Waals surface area contributed by atoms with Crippen LogP contribution < -0.4 is 0 Å². The van der Waals surface area contributed by atoms with Crippen molar-refractivity contribution in [1.82, 2.24) is 0 Å². The van der Waals surface area contributed by atoms with Gasteiger partial charge in [0, 0.05) is 0 Å². The van der Waals surface area contributed by atoms with E-state index < -0.39 is 0 Å². The number of aliphatic hydroxyl groups excluding tert-OH is 1. The van der Waals surface area contributed by atoms with Crippen LogP contribution in [-0.4, -0.2) is 11.7 Å². The van der Waals surface area contributed by atoms with Gasteiger partial charge in [0.15, 0.2) is 0 Å². The summed E-state index contributed by atoms with van der Waals surface area (Å²) in [5, 5.41) is 8.83. The van der Waals surface area contributed by atoms with Gasteiger partial charge in [0.1, 0.15) is 0 Å². The van der Waals surface area contributed by atoms with Gasteiger partial charge in [-0.05, 0) is 37.5 Å². The van der Waals surface area contributed by atoms with Gasteiger partial charge in [-0.1, -0.05) is 84.3 Å². The van der Waals surface area contributed by atoms with Crippen molar-refractivity contribution in [2.75, 3.05) is 6.61 Å². The molecule has 0 aromatic rings. The molecule has 0 aliphatic heterocycles. The number of hydrogen-bond donors (Lipinski definition) is 1. The van der Waals surface area contributed by atoms with Crippen molar-refractivity contribution in [3.05, 3.63) is 11.6 Å². The average Bonchev–Trinajstić information content (AvgIpc) is 2.38. The maximum atomic E-state index is 8.83. The highest BCUT2D eigenvalue weighted by Crippen LogP contribution is 2.21. The van der Waals surface area contributed by atoms with Crippen LogP contribution in [0.25, 0.3) is 0 Å². The second kappa shape index (κ2) is 13.4. The van der Waals surface area contributed by atoms with E-state index in [1.807, 2.05) is 6.08 Å². The Kier molecular flexibility index (Phi) is 13.2. The largest absolute Gasteiger partial charge is 0.392 e. The first kappa shape index (κ1) is 20.7. The van der Waals surface area contributed by atoms with E-state index in [0.717, 1.165) is 24.2 Å². The van der Waals surface area contributed by atoms with Crippen LogP contribution in [0.3, 0.4) is 0 Å². The van der Waals surface area contributed by atoms with Gasteiger partial charge < -0.3 is 5.11 Å². The molecule has 21 heavy (non-hydrogen) atoms. The van der Waals surface area contributed by atoms with E-state index in [1.54, 1.807) is 0 Å². The molecule has 0 aliphatic rings. The highest BCUT2D eigenvalue weighted by atomic mass is 16.3. The molecule has 0 saturated heterocycles. The van der Waals surface area contributed by atoms with Crippen molar-refractivity contribution in [2.45, 2.75) is 92.4 Å². The van der Waals surface area contributed by atoms with Crippen molar-refractivity contribution in [3.63, 3.8) is 0 Å². The predicted molar refractivity (Wildman–Crippen MR) is 95.6 cm³/mol. The molecule has 2 atom stereocenters. The second-order valence-electron chi connectivity index (χ2n) is 7.59. The van der Waals surface area contributed by atoms with Crippen molar-refractivity contribution < 1.29 is 5.11 Å². The van der Waals surface area contributed by atoms with Gasteiger partial charge in [-0.3, -0.25) is 0 Å². The Bertz CT molecular complexity index is 255. The number of rotatable bonds is 13. The third-order valence-electron chi connectivity index (χ3n) is 4.58. The van der Waals surface area contributed by atoms with Gasteiger partial charge in [-0.2, -0.15) is 0 Å². The van der Waals surface area contributed by atoms with Crippen LogP contribution >= 0.6 is 0 Å². The van der Waals surface area contributed by atoms with E-state index in [-0.39, 0.29) is 6.61 Å². The van der Waals surface area contributed by atoms with Gasteiger partial charge in [0.05, 0.1) is 6.61 Å². The fourth-order valence-electron chi connectivity index (χ4n) is 2.97. The molecular formula is C20H40O. The molecule has 0 aromatic carbocycles. The highest BCUT2D eigenvalue weighted by Gasteiger charge is 2.06. The molecule has 0 amide bonds. The van der Waals surface area contributed by atoms with E-state index in [2.05, 4.69) is 34.6 Å². The summed E-state index contributed by atoms with van der Waals surface area (Å²) in [7, 11) is 0. The van der Waals surface area contributed by atoms with Crippen molar-refractivity contribution in [2.24, 2.45) is 17.8 Å². The van der Waals surface area contributed by atoms with Crippen LogP contribution in [-0.2, 0) is 0 Å². The first-order valence-corrected chi connectivity index (χ1v) is 9.22. The van der Waals surface area contributed by atoms with E-state index in [4.69, 9.17) is 5.11 Å². The molecule has 126 valence electrons. The van der Waals surface area contributed by atoms with Gasteiger partial charge in [-0.25, -0.2) is 0 Å². The summed E-state index contributed by atoms with van der Waals surface area (Å²) in [6, 6.07) is 0. The number of allylic oxidation sites excluding steroid dienone is 1. The minimum atomic E-state index is 0.191. The Balaban J connectivity index is 3.52. The van der Waals surface area contributed by atoms with E-state index in [0.29, 0.717) is 0 Å². The summed E-state index contributed by atoms with van der Waals surface area (Å²) >= 11 is 0. The molecule has 0 spiro atoms. The second-order valence-corrected chi connectivity index (χ2v) is 7.59. The Labute approximate surface area is 134 Å². The van der Waals surface area contributed by atoms with E-state index in [1.165, 1.54) is 56.9 Å². The fraction of sp³-hybridized carbons (Fsp3) is 0.900. The number of hydrogen-bond acceptors (Lipinski definition) is 1. The van der Waals surface area contributed by atoms with Crippen LogP contribution in [0.15, 0.2) is 11.6 Å². The lowest BCUT2D eigenvalue weighted by atomic mass is 10.3. The predicted octanol–water partition coefficient (Wildman–Crippen LogP) is 6.36. The quantitative estimate of drug-likeness (QED) is 0.310. The molecule has 0 saturated carbocycles. The molecule has 0 heterocycles. The molecule has 0 rings (SSSR count). The SMILES string of the molecule is C/[13C](CC[13CH2][13C@@H](C)CC[13CH2][13C@@H](C)CC[13CH2][13CH](C)C)=[13CH]\CO. The van der Waals surface area contributed by atoms with Gasteiger partial charge in [-0.15, -0.1) is 0 Å². The molecule has 0 fully saturated rings. The molecule has 0 aromatic heterocycles. The summed E-state index contributed by atoms with van der Waals surface area (Å²) in [6.45, 7) is 11.8. The molecule has 0 radical (unpaired) electrons. The zero-order chi connectivity index (χ0) is 16.1. The lowest BCUT2D eigenvalue weighted by molar-refractivity contribution is 0.341. The molecule has 0 aliphatic carbocycles. The highest BCUT2D eigenvalue weighted by molar-refractivity contribution is 4.97. The van der Waals surface area contributed by atoms with E-state index >= 15 is 0 Å². The fourth-order valence-corrected chi connectivity index (χ4v) is 2.97. The lowest BCUT2D eigenvalue weighted by Gasteiger charge is -2.15. The van der Waals surface area contributed by atoms with E-state index in [9.17, 15) is 0 Å². The van der Waals surface area contributed by atoms with Crippen LogP contribution in [0.1, 0.15) is 92.4 Å². The monoisotopic (exact) mass is 304 g/mol. The van der Waals surface area contributed by atoms with Crippen LogP contribution in [0, 0.1) is 17.8 Å². The minimum absolute atomic E-state index is 0.191. The zero-order valence-corrected chi connectivity index (χ0v) is 15.3. The summed E-state index contributed by atoms with van der Waals surface area (Å²) in [5.74, 6) is 2.63. The minimum Gasteiger partial charge on any atom is -0.392 e. The van der Waals surface area contributed by atoms with Gasteiger partial charge >= 0.3 is 0 Å². The van der Waals surface area contributed by atoms with Crippen molar-refractivity contribution in [3.8, 4) is 0 Å². The zero-order valence-electron chi connectivity index (χ0n) is 15.3. The normalized spacial score (nSPS) is 15.5. The molecule has 1 N–H and O–H groups in total. The molecule has 0 unspecified atom stereocenters.